The topological polar surface area (TPSA) is 41.6 Å². The third kappa shape index (κ3) is 2.31. The molecule has 0 aliphatic carbocycles. The molecule has 0 aromatic carbocycles. The zero-order chi connectivity index (χ0) is 8.43. The van der Waals surface area contributed by atoms with Gasteiger partial charge < -0.3 is 0 Å². The summed E-state index contributed by atoms with van der Waals surface area (Å²) in [6, 6.07) is 1.99. The van der Waals surface area contributed by atoms with Gasteiger partial charge in [-0.1, -0.05) is 7.43 Å². The van der Waals surface area contributed by atoms with Crippen molar-refractivity contribution in [2.75, 3.05) is 0 Å². The van der Waals surface area contributed by atoms with Gasteiger partial charge in [-0.2, -0.15) is 10.4 Å². The number of nitrogens with zero attached hydrogens (tertiary/aromatic N) is 3. The summed E-state index contributed by atoms with van der Waals surface area (Å²) < 4.78 is 3.84. The lowest BCUT2D eigenvalue weighted by atomic mass is 10.7. The summed E-state index contributed by atoms with van der Waals surface area (Å²) in [7, 11) is 0. The van der Waals surface area contributed by atoms with Gasteiger partial charge in [0.25, 0.3) is 0 Å². The summed E-state index contributed by atoms with van der Waals surface area (Å²) in [5.41, 5.74) is 0. The SMILES string of the molecule is C.N#CCn1nc(Br)c(Br)c1Br. The van der Waals surface area contributed by atoms with E-state index in [1.807, 2.05) is 6.07 Å². The lowest BCUT2D eigenvalue weighted by molar-refractivity contribution is 0.688. The second-order valence-corrected chi connectivity index (χ2v) is 4.01. The Balaban J connectivity index is 0.00000121. The first-order chi connectivity index (χ1) is 5.16. The Hall–Kier alpha value is 0.140. The van der Waals surface area contributed by atoms with Crippen molar-refractivity contribution in [3.05, 3.63) is 13.7 Å². The molecule has 0 fully saturated rings. The number of halogens is 3. The van der Waals surface area contributed by atoms with E-state index < -0.39 is 0 Å². The molecule has 0 spiro atoms. The Labute approximate surface area is 96.1 Å². The molecule has 0 bridgehead atoms. The zero-order valence-corrected chi connectivity index (χ0v) is 9.94. The number of hydrogen-bond donors (Lipinski definition) is 0. The van der Waals surface area contributed by atoms with Gasteiger partial charge in [-0.15, -0.1) is 0 Å². The fourth-order valence-corrected chi connectivity index (χ4v) is 1.89. The van der Waals surface area contributed by atoms with E-state index in [0.29, 0.717) is 4.60 Å². The van der Waals surface area contributed by atoms with Crippen molar-refractivity contribution in [3.8, 4) is 6.07 Å². The molecule has 6 heteroatoms. The minimum atomic E-state index is 0. The maximum atomic E-state index is 8.38. The van der Waals surface area contributed by atoms with E-state index in [-0.39, 0.29) is 14.0 Å². The van der Waals surface area contributed by atoms with Crippen LogP contribution in [0.15, 0.2) is 13.7 Å². The van der Waals surface area contributed by atoms with Crippen molar-refractivity contribution in [3.63, 3.8) is 0 Å². The molecule has 0 unspecified atom stereocenters. The molecule has 0 atom stereocenters. The van der Waals surface area contributed by atoms with E-state index in [9.17, 15) is 0 Å². The van der Waals surface area contributed by atoms with Gasteiger partial charge in [-0.25, -0.2) is 4.68 Å². The first-order valence-electron chi connectivity index (χ1n) is 2.61. The van der Waals surface area contributed by atoms with E-state index in [0.717, 1.165) is 9.08 Å². The molecule has 1 rings (SSSR count). The van der Waals surface area contributed by atoms with E-state index in [4.69, 9.17) is 5.26 Å². The van der Waals surface area contributed by atoms with Gasteiger partial charge in [0, 0.05) is 0 Å². The molecule has 1 aromatic heterocycles. The van der Waals surface area contributed by atoms with E-state index in [1.54, 1.807) is 4.68 Å². The van der Waals surface area contributed by atoms with Crippen LogP contribution >= 0.6 is 47.8 Å². The standard InChI is InChI=1S/C5H2Br3N3.CH4/c6-3-4(7)10-11(2-1-9)5(3)8;/h2H2;1H4. The molecule has 0 radical (unpaired) electrons. The highest BCUT2D eigenvalue weighted by molar-refractivity contribution is 9.14. The predicted octanol–water partition coefficient (Wildman–Crippen LogP) is 3.33. The molecule has 0 aliphatic heterocycles. The van der Waals surface area contributed by atoms with Crippen molar-refractivity contribution >= 4 is 47.8 Å². The summed E-state index contributed by atoms with van der Waals surface area (Å²) in [4.78, 5) is 0. The summed E-state index contributed by atoms with van der Waals surface area (Å²) in [5.74, 6) is 0. The average molecular weight is 360 g/mol. The van der Waals surface area contributed by atoms with Crippen LogP contribution in [-0.4, -0.2) is 9.78 Å². The van der Waals surface area contributed by atoms with Crippen LogP contribution in [0.2, 0.25) is 0 Å². The molecule has 3 nitrogen and oxygen atoms in total. The second kappa shape index (κ2) is 5.00. The number of nitriles is 1. The van der Waals surface area contributed by atoms with Gasteiger partial charge >= 0.3 is 0 Å². The molecule has 12 heavy (non-hydrogen) atoms. The van der Waals surface area contributed by atoms with Crippen LogP contribution in [0.5, 0.6) is 0 Å². The number of rotatable bonds is 1. The summed E-state index contributed by atoms with van der Waals surface area (Å²) in [5, 5.41) is 12.4. The number of hydrogen-bond acceptors (Lipinski definition) is 2. The van der Waals surface area contributed by atoms with Gasteiger partial charge in [-0.3, -0.25) is 0 Å². The maximum absolute atomic E-state index is 8.38. The highest BCUT2D eigenvalue weighted by Gasteiger charge is 2.09. The molecular weight excluding hydrogens is 354 g/mol. The van der Waals surface area contributed by atoms with Gasteiger partial charge in [0.2, 0.25) is 0 Å². The van der Waals surface area contributed by atoms with Gasteiger partial charge in [0.05, 0.1) is 10.5 Å². The molecule has 0 saturated heterocycles. The van der Waals surface area contributed by atoms with Crippen LogP contribution < -0.4 is 0 Å². The lowest BCUT2D eigenvalue weighted by Gasteiger charge is -1.92. The molecule has 0 saturated carbocycles. The van der Waals surface area contributed by atoms with Crippen LogP contribution in [0.1, 0.15) is 7.43 Å². The monoisotopic (exact) mass is 357 g/mol. The minimum Gasteiger partial charge on any atom is -0.242 e. The highest BCUT2D eigenvalue weighted by Crippen LogP contribution is 2.29. The second-order valence-electron chi connectivity index (χ2n) is 1.71. The first kappa shape index (κ1) is 12.1. The lowest BCUT2D eigenvalue weighted by Crippen LogP contribution is -1.97. The Morgan fingerprint density at radius 1 is 1.42 bits per heavy atom. The Morgan fingerprint density at radius 2 is 2.00 bits per heavy atom. The van der Waals surface area contributed by atoms with E-state index in [1.165, 1.54) is 0 Å². The maximum Gasteiger partial charge on any atom is 0.143 e. The molecular formula is C6H6Br3N3. The summed E-state index contributed by atoms with van der Waals surface area (Å²) in [6.07, 6.45) is 0. The zero-order valence-electron chi connectivity index (χ0n) is 5.18. The van der Waals surface area contributed by atoms with Crippen molar-refractivity contribution in [2.45, 2.75) is 14.0 Å². The molecule has 0 N–H and O–H groups in total. The number of aromatic nitrogens is 2. The van der Waals surface area contributed by atoms with Crippen molar-refractivity contribution in [1.29, 1.82) is 5.26 Å². The normalized spacial score (nSPS) is 8.83. The Morgan fingerprint density at radius 3 is 2.33 bits per heavy atom. The third-order valence-corrected chi connectivity index (χ3v) is 4.19. The Bertz CT molecular complexity index is 313. The molecule has 0 aliphatic rings. The summed E-state index contributed by atoms with van der Waals surface area (Å²) >= 11 is 9.78. The van der Waals surface area contributed by atoms with Crippen LogP contribution in [-0.2, 0) is 6.54 Å². The smallest absolute Gasteiger partial charge is 0.143 e. The summed E-state index contributed by atoms with van der Waals surface area (Å²) in [6.45, 7) is 0.241. The minimum absolute atomic E-state index is 0. The predicted molar refractivity (Wildman–Crippen MR) is 57.7 cm³/mol. The van der Waals surface area contributed by atoms with E-state index >= 15 is 0 Å². The van der Waals surface area contributed by atoms with Crippen LogP contribution in [0, 0.1) is 11.3 Å². The third-order valence-electron chi connectivity index (χ3n) is 1.02. The van der Waals surface area contributed by atoms with E-state index in [2.05, 4.69) is 52.9 Å². The van der Waals surface area contributed by atoms with Gasteiger partial charge in [-0.05, 0) is 47.8 Å². The first-order valence-corrected chi connectivity index (χ1v) is 4.99. The molecule has 66 valence electrons. The highest BCUT2D eigenvalue weighted by atomic mass is 79.9. The fourth-order valence-electron chi connectivity index (χ4n) is 0.564. The largest absolute Gasteiger partial charge is 0.242 e. The van der Waals surface area contributed by atoms with Crippen LogP contribution in [0.25, 0.3) is 0 Å². The van der Waals surface area contributed by atoms with Crippen molar-refractivity contribution in [2.24, 2.45) is 0 Å². The van der Waals surface area contributed by atoms with Gasteiger partial charge in [0.1, 0.15) is 15.8 Å². The fraction of sp³-hybridized carbons (Fsp3) is 0.333. The van der Waals surface area contributed by atoms with Crippen molar-refractivity contribution < 1.29 is 0 Å². The van der Waals surface area contributed by atoms with Crippen LogP contribution in [0.4, 0.5) is 0 Å². The molecule has 0 amide bonds. The van der Waals surface area contributed by atoms with Gasteiger partial charge in [0.15, 0.2) is 0 Å². The Kier molecular flexibility index (Phi) is 5.06. The quantitative estimate of drug-likeness (QED) is 0.771. The average Bonchev–Trinajstić information content (AvgIpc) is 2.19. The molecule has 1 heterocycles. The van der Waals surface area contributed by atoms with Crippen molar-refractivity contribution in [1.82, 2.24) is 9.78 Å². The van der Waals surface area contributed by atoms with Crippen LogP contribution in [0.3, 0.4) is 0 Å². The molecule has 1 aromatic rings.